The quantitative estimate of drug-likeness (QED) is 0.611. The lowest BCUT2D eigenvalue weighted by molar-refractivity contribution is -0.0190. The van der Waals surface area contributed by atoms with Crippen LogP contribution in [0.25, 0.3) is 0 Å². The fourth-order valence-electron chi connectivity index (χ4n) is 1.79. The van der Waals surface area contributed by atoms with Gasteiger partial charge in [0.1, 0.15) is 5.60 Å². The van der Waals surface area contributed by atoms with Crippen molar-refractivity contribution in [1.29, 1.82) is 0 Å². The van der Waals surface area contributed by atoms with E-state index in [-0.39, 0.29) is 11.9 Å². The maximum absolute atomic E-state index is 11.7. The molecule has 1 aromatic rings. The Morgan fingerprint density at radius 3 is 2.73 bits per heavy atom. The smallest absolute Gasteiger partial charge is 0.340 e. The van der Waals surface area contributed by atoms with Gasteiger partial charge in [0.15, 0.2) is 0 Å². The molecular weight excluding hydrogens is 190 g/mol. The second-order valence-electron chi connectivity index (χ2n) is 4.60. The molecule has 2 heterocycles. The van der Waals surface area contributed by atoms with Gasteiger partial charge < -0.3 is 4.74 Å². The molecule has 0 N–H and O–H groups in total. The molecule has 1 aliphatic rings. The molecule has 0 spiro atoms. The molecule has 1 aromatic heterocycles. The van der Waals surface area contributed by atoms with Crippen LogP contribution in [0.2, 0.25) is 0 Å². The number of carbonyl (C=O) groups is 1. The summed E-state index contributed by atoms with van der Waals surface area (Å²) >= 11 is 0. The third-order valence-corrected chi connectivity index (χ3v) is 3.09. The van der Waals surface area contributed by atoms with Crippen molar-refractivity contribution >= 4 is 5.97 Å². The van der Waals surface area contributed by atoms with E-state index >= 15 is 0 Å². The maximum Gasteiger partial charge on any atom is 0.340 e. The van der Waals surface area contributed by atoms with Gasteiger partial charge in [0.2, 0.25) is 0 Å². The molecule has 0 saturated carbocycles. The first-order valence-electron chi connectivity index (χ1n) is 5.12. The molecule has 0 unspecified atom stereocenters. The Hall–Kier alpha value is -1.38. The average molecular weight is 205 g/mol. The molecule has 0 aliphatic carbocycles. The molecule has 80 valence electrons. The number of hydrogen-bond acceptors (Lipinski definition) is 3. The molecule has 0 aromatic carbocycles. The summed E-state index contributed by atoms with van der Waals surface area (Å²) < 4.78 is 5.37. The van der Waals surface area contributed by atoms with Crippen molar-refractivity contribution in [1.82, 2.24) is 4.98 Å². The number of rotatable bonds is 0. The number of esters is 1. The minimum absolute atomic E-state index is 0.130. The minimum Gasteiger partial charge on any atom is -0.455 e. The Balaban J connectivity index is 2.60. The zero-order valence-corrected chi connectivity index (χ0v) is 9.50. The molecule has 15 heavy (non-hydrogen) atoms. The first-order chi connectivity index (χ1) is 6.92. The van der Waals surface area contributed by atoms with E-state index in [1.807, 2.05) is 33.8 Å². The number of pyridine rings is 1. The van der Waals surface area contributed by atoms with Crippen molar-refractivity contribution in [3.8, 4) is 0 Å². The second-order valence-corrected chi connectivity index (χ2v) is 4.60. The topological polar surface area (TPSA) is 39.2 Å². The Labute approximate surface area is 89.5 Å². The van der Waals surface area contributed by atoms with Gasteiger partial charge in [-0.2, -0.15) is 0 Å². The first kappa shape index (κ1) is 10.1. The zero-order valence-electron chi connectivity index (χ0n) is 9.50. The van der Waals surface area contributed by atoms with E-state index in [1.165, 1.54) is 0 Å². The molecule has 0 amide bonds. The van der Waals surface area contributed by atoms with Crippen LogP contribution in [0.1, 0.15) is 48.4 Å². The molecule has 1 atom stereocenters. The minimum atomic E-state index is -0.467. The van der Waals surface area contributed by atoms with Crippen LogP contribution >= 0.6 is 0 Å². The van der Waals surface area contributed by atoms with Crippen molar-refractivity contribution in [2.24, 2.45) is 0 Å². The highest BCUT2D eigenvalue weighted by molar-refractivity contribution is 5.92. The van der Waals surface area contributed by atoms with E-state index in [1.54, 1.807) is 6.07 Å². The summed E-state index contributed by atoms with van der Waals surface area (Å²) in [6.07, 6.45) is 0. The Morgan fingerprint density at radius 1 is 1.40 bits per heavy atom. The van der Waals surface area contributed by atoms with Crippen LogP contribution in [-0.4, -0.2) is 16.6 Å². The van der Waals surface area contributed by atoms with Crippen LogP contribution in [0.15, 0.2) is 12.1 Å². The number of fused-ring (bicyclic) bond motifs is 1. The van der Waals surface area contributed by atoms with Crippen LogP contribution in [-0.2, 0) is 4.74 Å². The van der Waals surface area contributed by atoms with Gasteiger partial charge in [-0.05, 0) is 32.9 Å². The highest BCUT2D eigenvalue weighted by Crippen LogP contribution is 2.36. The van der Waals surface area contributed by atoms with E-state index < -0.39 is 5.60 Å². The number of aryl methyl sites for hydroxylation is 1. The van der Waals surface area contributed by atoms with Crippen LogP contribution in [0.5, 0.6) is 0 Å². The third-order valence-electron chi connectivity index (χ3n) is 3.09. The van der Waals surface area contributed by atoms with Gasteiger partial charge >= 0.3 is 5.97 Å². The summed E-state index contributed by atoms with van der Waals surface area (Å²) in [4.78, 5) is 16.1. The lowest BCUT2D eigenvalue weighted by Gasteiger charge is -2.36. The second kappa shape index (κ2) is 3.05. The van der Waals surface area contributed by atoms with Crippen LogP contribution < -0.4 is 0 Å². The van der Waals surface area contributed by atoms with Gasteiger partial charge in [0.25, 0.3) is 0 Å². The van der Waals surface area contributed by atoms with E-state index in [0.717, 1.165) is 11.4 Å². The molecule has 0 fully saturated rings. The lowest BCUT2D eigenvalue weighted by Crippen LogP contribution is -2.39. The van der Waals surface area contributed by atoms with Crippen LogP contribution in [0.4, 0.5) is 0 Å². The van der Waals surface area contributed by atoms with Crippen molar-refractivity contribution in [2.75, 3.05) is 0 Å². The Morgan fingerprint density at radius 2 is 2.07 bits per heavy atom. The molecule has 0 bridgehead atoms. The first-order valence-corrected chi connectivity index (χ1v) is 5.12. The number of carbonyl (C=O) groups excluding carboxylic acids is 1. The average Bonchev–Trinajstić information content (AvgIpc) is 2.13. The number of aromatic nitrogens is 1. The predicted molar refractivity (Wildman–Crippen MR) is 56.9 cm³/mol. The zero-order chi connectivity index (χ0) is 11.2. The standard InChI is InChI=1S/C12H15NO2/c1-7-5-6-9-10(13-7)8(2)12(3,4)15-11(9)14/h5-6,8H,1-4H3/t8-/m1/s1. The number of hydrogen-bond donors (Lipinski definition) is 0. The largest absolute Gasteiger partial charge is 0.455 e. The molecule has 0 saturated heterocycles. The summed E-state index contributed by atoms with van der Waals surface area (Å²) in [6.45, 7) is 7.81. The molecule has 3 heteroatoms. The maximum atomic E-state index is 11.7. The van der Waals surface area contributed by atoms with E-state index in [9.17, 15) is 4.79 Å². The molecule has 3 nitrogen and oxygen atoms in total. The number of nitrogens with zero attached hydrogens (tertiary/aromatic N) is 1. The number of ether oxygens (including phenoxy) is 1. The van der Waals surface area contributed by atoms with Crippen molar-refractivity contribution < 1.29 is 9.53 Å². The highest BCUT2D eigenvalue weighted by atomic mass is 16.6. The van der Waals surface area contributed by atoms with Gasteiger partial charge in [0.05, 0.1) is 11.3 Å². The van der Waals surface area contributed by atoms with E-state index in [4.69, 9.17) is 4.74 Å². The lowest BCUT2D eigenvalue weighted by atomic mass is 9.84. The van der Waals surface area contributed by atoms with Crippen LogP contribution in [0.3, 0.4) is 0 Å². The van der Waals surface area contributed by atoms with E-state index in [2.05, 4.69) is 4.98 Å². The van der Waals surface area contributed by atoms with Gasteiger partial charge in [-0.25, -0.2) is 4.79 Å². The van der Waals surface area contributed by atoms with Crippen molar-refractivity contribution in [2.45, 2.75) is 39.2 Å². The third kappa shape index (κ3) is 1.52. The summed E-state index contributed by atoms with van der Waals surface area (Å²) in [7, 11) is 0. The van der Waals surface area contributed by atoms with Gasteiger partial charge in [0, 0.05) is 11.6 Å². The SMILES string of the molecule is Cc1ccc2c(n1)[C@@H](C)C(C)(C)OC2=O. The summed E-state index contributed by atoms with van der Waals surface area (Å²) in [5, 5.41) is 0. The van der Waals surface area contributed by atoms with E-state index in [0.29, 0.717) is 5.56 Å². The molecule has 0 radical (unpaired) electrons. The molecular formula is C12H15NO2. The summed E-state index contributed by atoms with van der Waals surface area (Å²) in [5.74, 6) is -0.134. The molecule has 2 rings (SSSR count). The summed E-state index contributed by atoms with van der Waals surface area (Å²) in [6, 6.07) is 3.64. The predicted octanol–water partition coefficient (Wildman–Crippen LogP) is 2.44. The number of cyclic esters (lactones) is 1. The Bertz CT molecular complexity index is 424. The fourth-order valence-corrected chi connectivity index (χ4v) is 1.79. The monoisotopic (exact) mass is 205 g/mol. The summed E-state index contributed by atoms with van der Waals surface area (Å²) in [5.41, 5.74) is 1.93. The van der Waals surface area contributed by atoms with Gasteiger partial charge in [-0.1, -0.05) is 6.92 Å². The van der Waals surface area contributed by atoms with Gasteiger partial charge in [-0.3, -0.25) is 4.98 Å². The molecule has 1 aliphatic heterocycles. The highest BCUT2D eigenvalue weighted by Gasteiger charge is 2.39. The normalized spacial score (nSPS) is 23.2. The Kier molecular flexibility index (Phi) is 2.07. The van der Waals surface area contributed by atoms with Crippen molar-refractivity contribution in [3.63, 3.8) is 0 Å². The fraction of sp³-hybridized carbons (Fsp3) is 0.500. The van der Waals surface area contributed by atoms with Gasteiger partial charge in [-0.15, -0.1) is 0 Å². The van der Waals surface area contributed by atoms with Crippen molar-refractivity contribution in [3.05, 3.63) is 29.1 Å². The van der Waals surface area contributed by atoms with Crippen LogP contribution in [0, 0.1) is 6.92 Å².